The fraction of sp³-hybridized carbons (Fsp3) is 0.375. The van der Waals surface area contributed by atoms with Crippen molar-refractivity contribution >= 4 is 17.7 Å². The molecule has 0 saturated heterocycles. The summed E-state index contributed by atoms with van der Waals surface area (Å²) in [5.74, 6) is 3.75. The molecule has 2 unspecified atom stereocenters. The van der Waals surface area contributed by atoms with Crippen LogP contribution in [0.5, 0.6) is 23.0 Å². The largest absolute Gasteiger partial charge is 0.486 e. The molecule has 2 aliphatic rings. The highest BCUT2D eigenvalue weighted by Gasteiger charge is 2.28. The molecule has 178 valence electrons. The molecule has 1 amide bonds. The number of hydrogen-bond acceptors (Lipinski definition) is 8. The third-order valence-corrected chi connectivity index (χ3v) is 6.72. The van der Waals surface area contributed by atoms with Gasteiger partial charge in [0.1, 0.15) is 13.2 Å². The van der Waals surface area contributed by atoms with Crippen LogP contribution in [0.4, 0.5) is 0 Å². The summed E-state index contributed by atoms with van der Waals surface area (Å²) in [6.45, 7) is 3.76. The highest BCUT2D eigenvalue weighted by atomic mass is 32.2. The molecule has 0 aliphatic carbocycles. The van der Waals surface area contributed by atoms with E-state index in [0.717, 1.165) is 11.5 Å². The van der Waals surface area contributed by atoms with Crippen LogP contribution in [0.25, 0.3) is 0 Å². The average molecular weight is 483 g/mol. The van der Waals surface area contributed by atoms with E-state index < -0.39 is 0 Å². The Bertz CT molecular complexity index is 1170. The van der Waals surface area contributed by atoms with Crippen molar-refractivity contribution in [3.63, 3.8) is 0 Å². The van der Waals surface area contributed by atoms with Gasteiger partial charge in [0.15, 0.2) is 46.2 Å². The predicted octanol–water partition coefficient (Wildman–Crippen LogP) is 3.11. The Balaban J connectivity index is 1.17. The molecule has 2 aliphatic heterocycles. The predicted molar refractivity (Wildman–Crippen MR) is 126 cm³/mol. The molecule has 0 saturated carbocycles. The van der Waals surface area contributed by atoms with Crippen molar-refractivity contribution < 1.29 is 23.7 Å². The molecule has 5 rings (SSSR count). The van der Waals surface area contributed by atoms with Gasteiger partial charge in [0, 0.05) is 13.6 Å². The van der Waals surface area contributed by atoms with Crippen LogP contribution >= 0.6 is 11.8 Å². The van der Waals surface area contributed by atoms with Crippen LogP contribution in [0.2, 0.25) is 0 Å². The van der Waals surface area contributed by atoms with Crippen LogP contribution < -0.4 is 18.9 Å². The van der Waals surface area contributed by atoms with Gasteiger partial charge < -0.3 is 28.4 Å². The first-order valence-corrected chi connectivity index (χ1v) is 12.2. The number of para-hydroxylation sites is 4. The number of fused-ring (bicyclic) bond motifs is 2. The summed E-state index contributed by atoms with van der Waals surface area (Å²) in [5, 5.41) is 9.21. The molecule has 34 heavy (non-hydrogen) atoms. The first kappa shape index (κ1) is 22.4. The Morgan fingerprint density at radius 3 is 2.35 bits per heavy atom. The summed E-state index contributed by atoms with van der Waals surface area (Å²) in [6, 6.07) is 15.1. The van der Waals surface area contributed by atoms with E-state index in [1.165, 1.54) is 11.8 Å². The highest BCUT2D eigenvalue weighted by Crippen LogP contribution is 2.36. The second-order valence-electron chi connectivity index (χ2n) is 7.98. The quantitative estimate of drug-likeness (QED) is 0.475. The van der Waals surface area contributed by atoms with Gasteiger partial charge in [-0.3, -0.25) is 4.79 Å². The highest BCUT2D eigenvalue weighted by molar-refractivity contribution is 7.99. The van der Waals surface area contributed by atoms with Crippen molar-refractivity contribution in [1.29, 1.82) is 0 Å². The summed E-state index contributed by atoms with van der Waals surface area (Å²) >= 11 is 1.35. The summed E-state index contributed by atoms with van der Waals surface area (Å²) in [7, 11) is 1.87. The lowest BCUT2D eigenvalue weighted by molar-refractivity contribution is -0.129. The second-order valence-corrected chi connectivity index (χ2v) is 8.93. The van der Waals surface area contributed by atoms with E-state index >= 15 is 0 Å². The van der Waals surface area contributed by atoms with Crippen LogP contribution in [0.1, 0.15) is 18.9 Å². The molecule has 0 radical (unpaired) electrons. The normalized spacial score (nSPS) is 18.4. The number of amides is 1. The van der Waals surface area contributed by atoms with Crippen molar-refractivity contribution in [3.05, 3.63) is 54.4 Å². The van der Waals surface area contributed by atoms with Crippen molar-refractivity contribution in [3.8, 4) is 23.0 Å². The number of nitrogens with zero attached hydrogens (tertiary/aromatic N) is 4. The molecular formula is C24H26N4O5S. The van der Waals surface area contributed by atoms with Gasteiger partial charge in [0.05, 0.1) is 12.3 Å². The topological polar surface area (TPSA) is 87.9 Å². The van der Waals surface area contributed by atoms with Crippen LogP contribution in [0.15, 0.2) is 53.7 Å². The van der Waals surface area contributed by atoms with E-state index in [2.05, 4.69) is 10.2 Å². The fourth-order valence-corrected chi connectivity index (χ4v) is 4.72. The van der Waals surface area contributed by atoms with E-state index in [1.54, 1.807) is 4.90 Å². The van der Waals surface area contributed by atoms with Crippen LogP contribution in [-0.4, -0.2) is 63.7 Å². The van der Waals surface area contributed by atoms with E-state index in [0.29, 0.717) is 48.8 Å². The molecule has 9 nitrogen and oxygen atoms in total. The Morgan fingerprint density at radius 2 is 1.65 bits per heavy atom. The molecule has 0 fully saturated rings. The lowest BCUT2D eigenvalue weighted by atomic mass is 10.2. The van der Waals surface area contributed by atoms with Gasteiger partial charge in [-0.1, -0.05) is 36.0 Å². The Hall–Kier alpha value is -3.40. The molecule has 0 bridgehead atoms. The lowest BCUT2D eigenvalue weighted by Crippen LogP contribution is -2.44. The maximum absolute atomic E-state index is 12.9. The Kier molecular flexibility index (Phi) is 6.48. The van der Waals surface area contributed by atoms with Crippen molar-refractivity contribution in [2.24, 2.45) is 7.05 Å². The number of ether oxygens (including phenoxy) is 4. The molecular weight excluding hydrogens is 456 g/mol. The Labute approximate surface area is 202 Å². The monoisotopic (exact) mass is 482 g/mol. The van der Waals surface area contributed by atoms with Crippen molar-refractivity contribution in [1.82, 2.24) is 19.7 Å². The van der Waals surface area contributed by atoms with Gasteiger partial charge in [-0.2, -0.15) is 0 Å². The number of likely N-dealkylation sites (N-methyl/N-ethyl adjacent to an activating group) is 1. The zero-order valence-electron chi connectivity index (χ0n) is 19.0. The lowest BCUT2D eigenvalue weighted by Gasteiger charge is -2.30. The molecule has 3 heterocycles. The maximum atomic E-state index is 12.9. The number of rotatable bonds is 7. The minimum Gasteiger partial charge on any atom is -0.486 e. The number of thioether (sulfide) groups is 1. The fourth-order valence-electron chi connectivity index (χ4n) is 3.90. The maximum Gasteiger partial charge on any atom is 0.233 e. The Morgan fingerprint density at radius 1 is 1.00 bits per heavy atom. The van der Waals surface area contributed by atoms with Gasteiger partial charge in [0.25, 0.3) is 0 Å². The number of hydrogen-bond donors (Lipinski definition) is 0. The van der Waals surface area contributed by atoms with E-state index in [4.69, 9.17) is 18.9 Å². The zero-order chi connectivity index (χ0) is 23.5. The summed E-state index contributed by atoms with van der Waals surface area (Å²) in [6.07, 6.45) is -0.576. The molecule has 3 aromatic rings. The van der Waals surface area contributed by atoms with Gasteiger partial charge >= 0.3 is 0 Å². The van der Waals surface area contributed by atoms with Crippen LogP contribution in [-0.2, 0) is 11.8 Å². The smallest absolute Gasteiger partial charge is 0.233 e. The number of carbonyl (C=O) groups is 1. The van der Waals surface area contributed by atoms with Gasteiger partial charge in [0.2, 0.25) is 5.91 Å². The van der Waals surface area contributed by atoms with Gasteiger partial charge in [-0.15, -0.1) is 10.2 Å². The average Bonchev–Trinajstić information content (AvgIpc) is 3.25. The minimum absolute atomic E-state index is 0.00526. The number of carbonyl (C=O) groups excluding carboxylic acids is 1. The molecule has 0 N–H and O–H groups in total. The summed E-state index contributed by atoms with van der Waals surface area (Å²) in [5.41, 5.74) is 0. The van der Waals surface area contributed by atoms with E-state index in [-0.39, 0.29) is 23.9 Å². The molecule has 1 aromatic heterocycles. The summed E-state index contributed by atoms with van der Waals surface area (Å²) < 4.78 is 25.5. The third kappa shape index (κ3) is 4.63. The first-order chi connectivity index (χ1) is 16.6. The van der Waals surface area contributed by atoms with Crippen molar-refractivity contribution in [2.45, 2.75) is 24.3 Å². The second kappa shape index (κ2) is 9.84. The summed E-state index contributed by atoms with van der Waals surface area (Å²) in [4.78, 5) is 14.7. The molecule has 10 heteroatoms. The molecule has 2 aromatic carbocycles. The zero-order valence-corrected chi connectivity index (χ0v) is 19.9. The van der Waals surface area contributed by atoms with E-state index in [9.17, 15) is 4.79 Å². The minimum atomic E-state index is -0.365. The van der Waals surface area contributed by atoms with Crippen LogP contribution in [0.3, 0.4) is 0 Å². The standard InChI is InChI=1S/C24H26N4O5S/c1-3-28(12-16-13-30-17-8-4-6-10-19(17)32-16)22(29)15-34-24-26-25-23(27(24)2)21-14-31-18-9-5-7-11-20(18)33-21/h4-11,16,21H,3,12-15H2,1-2H3. The number of aromatic nitrogens is 3. The van der Waals surface area contributed by atoms with Gasteiger partial charge in [-0.05, 0) is 31.2 Å². The van der Waals surface area contributed by atoms with E-state index in [1.807, 2.05) is 67.1 Å². The van der Waals surface area contributed by atoms with Gasteiger partial charge in [-0.25, -0.2) is 0 Å². The van der Waals surface area contributed by atoms with Crippen LogP contribution in [0, 0.1) is 0 Å². The molecule has 2 atom stereocenters. The van der Waals surface area contributed by atoms with Crippen molar-refractivity contribution in [2.75, 3.05) is 32.1 Å². The third-order valence-electron chi connectivity index (χ3n) is 5.72. The SMILES string of the molecule is CCN(CC1COc2ccccc2O1)C(=O)CSc1nnc(C2COc3ccccc3O2)n1C. The molecule has 0 spiro atoms. The first-order valence-electron chi connectivity index (χ1n) is 11.2. The number of benzene rings is 2.